The Bertz CT molecular complexity index is 3450. The maximum Gasteiger partial charge on any atom is 0.135 e. The average Bonchev–Trinajstić information content (AvgIpc) is 4.24. The molecular formula is C70H86N2O3. The number of hydrogen-bond acceptors (Lipinski definition) is 3. The fourth-order valence-corrected chi connectivity index (χ4v) is 9.11. The number of hydrogen-bond donors (Lipinski definition) is 0. The van der Waals surface area contributed by atoms with Crippen molar-refractivity contribution >= 4 is 87.5 Å². The smallest absolute Gasteiger partial charge is 0.135 e. The summed E-state index contributed by atoms with van der Waals surface area (Å²) in [5, 5.41) is 9.12. The molecule has 5 nitrogen and oxygen atoms in total. The highest BCUT2D eigenvalue weighted by molar-refractivity contribution is 6.13. The van der Waals surface area contributed by atoms with E-state index in [0.29, 0.717) is 0 Å². The largest absolute Gasteiger partial charge is 0.457 e. The molecule has 0 unspecified atom stereocenters. The summed E-state index contributed by atoms with van der Waals surface area (Å²) in [5.41, 5.74) is 12.7. The van der Waals surface area contributed by atoms with Crippen molar-refractivity contribution in [3.05, 3.63) is 169 Å². The lowest BCUT2D eigenvalue weighted by molar-refractivity contribution is 0.484. The van der Waals surface area contributed by atoms with Crippen LogP contribution in [0.2, 0.25) is 0 Å². The quantitative estimate of drug-likeness (QED) is 0.160. The van der Waals surface area contributed by atoms with Gasteiger partial charge >= 0.3 is 0 Å². The third kappa shape index (κ3) is 12.7. The minimum absolute atomic E-state index is 0.792. The van der Waals surface area contributed by atoms with E-state index in [1.165, 1.54) is 47.6 Å². The van der Waals surface area contributed by atoms with Gasteiger partial charge in [-0.15, -0.1) is 0 Å². The van der Waals surface area contributed by atoms with Crippen molar-refractivity contribution in [3.63, 3.8) is 0 Å². The maximum absolute atomic E-state index is 6.73. The van der Waals surface area contributed by atoms with E-state index in [4.69, 9.17) is 13.6 Å². The van der Waals surface area contributed by atoms with Gasteiger partial charge in [0.15, 0.2) is 0 Å². The third-order valence-electron chi connectivity index (χ3n) is 12.8. The average molecular weight is 1000 g/mol. The molecule has 0 spiro atoms. The van der Waals surface area contributed by atoms with Crippen LogP contribution in [0, 0.1) is 19.8 Å². The topological polar surface area (TPSA) is 45.4 Å². The van der Waals surface area contributed by atoms with Crippen LogP contribution in [0.3, 0.4) is 0 Å². The monoisotopic (exact) mass is 1000 g/mol. The van der Waals surface area contributed by atoms with Gasteiger partial charge in [0, 0.05) is 54.5 Å². The van der Waals surface area contributed by atoms with Crippen molar-refractivity contribution in [2.24, 2.45) is 5.92 Å². The summed E-state index contributed by atoms with van der Waals surface area (Å²) in [7, 11) is 0. The molecule has 394 valence electrons. The predicted molar refractivity (Wildman–Crippen MR) is 333 cm³/mol. The second-order valence-electron chi connectivity index (χ2n) is 17.9. The van der Waals surface area contributed by atoms with Crippen LogP contribution in [0.1, 0.15) is 141 Å². The molecule has 0 amide bonds. The van der Waals surface area contributed by atoms with Crippen LogP contribution in [-0.4, -0.2) is 9.13 Å². The van der Waals surface area contributed by atoms with Crippen LogP contribution < -0.4 is 4.74 Å². The number of fused-ring (bicyclic) bond motifs is 12. The van der Waals surface area contributed by atoms with E-state index in [1.54, 1.807) is 0 Å². The zero-order valence-electron chi connectivity index (χ0n) is 48.5. The van der Waals surface area contributed by atoms with Gasteiger partial charge in [-0.05, 0) is 129 Å². The van der Waals surface area contributed by atoms with Crippen LogP contribution in [0.5, 0.6) is 11.5 Å². The second kappa shape index (κ2) is 28.4. The Morgan fingerprint density at radius 3 is 1.05 bits per heavy atom. The Morgan fingerprint density at radius 2 is 0.707 bits per heavy atom. The third-order valence-corrected chi connectivity index (χ3v) is 12.8. The van der Waals surface area contributed by atoms with E-state index in [0.717, 1.165) is 106 Å². The molecule has 0 saturated carbocycles. The van der Waals surface area contributed by atoms with Gasteiger partial charge in [0.2, 0.25) is 0 Å². The number of nitrogens with zero attached hydrogens (tertiary/aromatic N) is 2. The summed E-state index contributed by atoms with van der Waals surface area (Å²) in [6.07, 6.45) is 5.38. The highest BCUT2D eigenvalue weighted by atomic mass is 16.5. The predicted octanol–water partition coefficient (Wildman–Crippen LogP) is 23.5. The molecule has 0 aliphatic heterocycles. The van der Waals surface area contributed by atoms with Crippen LogP contribution in [0.4, 0.5) is 0 Å². The van der Waals surface area contributed by atoms with Crippen molar-refractivity contribution in [2.75, 3.05) is 0 Å². The van der Waals surface area contributed by atoms with Crippen molar-refractivity contribution in [1.29, 1.82) is 0 Å². The zero-order chi connectivity index (χ0) is 54.8. The van der Waals surface area contributed by atoms with Crippen molar-refractivity contribution in [2.45, 2.75) is 143 Å². The molecule has 75 heavy (non-hydrogen) atoms. The van der Waals surface area contributed by atoms with Crippen molar-refractivity contribution < 1.29 is 13.6 Å². The molecule has 0 bridgehead atoms. The van der Waals surface area contributed by atoms with Crippen LogP contribution in [0.15, 0.2) is 167 Å². The number of para-hydroxylation sites is 2. The molecule has 12 aromatic rings. The zero-order valence-corrected chi connectivity index (χ0v) is 48.5. The van der Waals surface area contributed by atoms with Gasteiger partial charge in [-0.1, -0.05) is 189 Å². The lowest BCUT2D eigenvalue weighted by Gasteiger charge is -2.10. The maximum atomic E-state index is 6.73. The number of unbranched alkanes of at least 4 members (excludes halogenated alkanes) is 2. The van der Waals surface area contributed by atoms with Crippen LogP contribution in [-0.2, 0) is 0 Å². The standard InChI is InChI=1S/C50H32N2O3.2C5H12.5C2H6/c1-29-11-17-43-37(23-29)39-27-33(15-19-45(39)51(43)31-13-21-49-41(25-31)35-7-3-5-9-47(35)54-49)53-34-16-20-46-40(28-34)38-24-30(2)12-18-44(38)52(46)32-14-22-50-42(26-32)36-8-4-6-10-48(36)55-50;1-4-5(2)3;1-3-5-4-2;5*1-2/h3-28H,1-2H3;5H,4H2,1-3H3;3-5H2,1-2H3;5*1-2H3. The van der Waals surface area contributed by atoms with Crippen LogP contribution in [0.25, 0.3) is 98.9 Å². The summed E-state index contributed by atoms with van der Waals surface area (Å²) in [6.45, 7) is 35.4. The van der Waals surface area contributed by atoms with Crippen LogP contribution >= 0.6 is 0 Å². The molecule has 0 fully saturated rings. The van der Waals surface area contributed by atoms with Gasteiger partial charge in [-0.3, -0.25) is 0 Å². The van der Waals surface area contributed by atoms with Gasteiger partial charge in [0.1, 0.15) is 33.8 Å². The SMILES string of the molecule is CC.CC.CC.CC.CC.CCC(C)C.CCCCC.Cc1ccc2c(c1)c1cc(Oc3ccc4c(c3)c3cc(C)ccc3n4-c3ccc4oc5ccccc5c4c3)ccc1n2-c1ccc2oc3ccccc3c2c1. The normalized spacial score (nSPS) is 10.5. The molecule has 0 saturated heterocycles. The lowest BCUT2D eigenvalue weighted by atomic mass is 10.1. The minimum atomic E-state index is 0.792. The highest BCUT2D eigenvalue weighted by Crippen LogP contribution is 2.41. The first-order valence-electron chi connectivity index (χ1n) is 28.3. The Morgan fingerprint density at radius 1 is 0.373 bits per heavy atom. The minimum Gasteiger partial charge on any atom is -0.457 e. The molecular weight excluding hydrogens is 917 g/mol. The highest BCUT2D eigenvalue weighted by Gasteiger charge is 2.18. The molecule has 12 rings (SSSR count). The van der Waals surface area contributed by atoms with E-state index in [1.807, 2.05) is 93.5 Å². The molecule has 8 aromatic carbocycles. The number of rotatable bonds is 7. The van der Waals surface area contributed by atoms with E-state index >= 15 is 0 Å². The summed E-state index contributed by atoms with van der Waals surface area (Å²) in [6, 6.07) is 55.7. The summed E-state index contributed by atoms with van der Waals surface area (Å²) < 4.78 is 23.8. The first kappa shape index (κ1) is 58.6. The van der Waals surface area contributed by atoms with E-state index in [2.05, 4.69) is 191 Å². The van der Waals surface area contributed by atoms with Gasteiger partial charge in [-0.25, -0.2) is 0 Å². The molecule has 0 atom stereocenters. The second-order valence-corrected chi connectivity index (χ2v) is 17.9. The lowest BCUT2D eigenvalue weighted by Crippen LogP contribution is -1.94. The van der Waals surface area contributed by atoms with Gasteiger partial charge < -0.3 is 22.7 Å². The summed E-state index contributed by atoms with van der Waals surface area (Å²) in [4.78, 5) is 0. The molecule has 0 aliphatic carbocycles. The number of furan rings is 2. The Kier molecular flexibility index (Phi) is 22.2. The first-order chi connectivity index (χ1) is 36.7. The number of ether oxygens (including phenoxy) is 1. The molecule has 0 radical (unpaired) electrons. The molecule has 4 heterocycles. The Balaban J connectivity index is 0.000000459. The fraction of sp³-hybridized carbons (Fsp3) is 0.314. The first-order valence-corrected chi connectivity index (χ1v) is 28.3. The van der Waals surface area contributed by atoms with Gasteiger partial charge in [0.05, 0.1) is 22.1 Å². The summed E-state index contributed by atoms with van der Waals surface area (Å²) in [5.74, 6) is 2.47. The van der Waals surface area contributed by atoms with Crippen molar-refractivity contribution in [1.82, 2.24) is 9.13 Å². The van der Waals surface area contributed by atoms with Crippen molar-refractivity contribution in [3.8, 4) is 22.9 Å². The van der Waals surface area contributed by atoms with E-state index in [-0.39, 0.29) is 0 Å². The Hall–Kier alpha value is -7.24. The van der Waals surface area contributed by atoms with Gasteiger partial charge in [-0.2, -0.15) is 0 Å². The molecule has 5 heteroatoms. The Labute approximate surface area is 449 Å². The van der Waals surface area contributed by atoms with E-state index < -0.39 is 0 Å². The molecule has 0 N–H and O–H groups in total. The van der Waals surface area contributed by atoms with Gasteiger partial charge in [0.25, 0.3) is 0 Å². The summed E-state index contributed by atoms with van der Waals surface area (Å²) >= 11 is 0. The number of aryl methyl sites for hydroxylation is 2. The molecule has 4 aromatic heterocycles. The number of aromatic nitrogens is 2. The molecule has 0 aliphatic rings. The van der Waals surface area contributed by atoms with E-state index in [9.17, 15) is 0 Å². The fourth-order valence-electron chi connectivity index (χ4n) is 9.11. The number of benzene rings is 8.